The Bertz CT molecular complexity index is 1520. The molecule has 190 valence electrons. The highest BCUT2D eigenvalue weighted by Crippen LogP contribution is 2.46. The topological polar surface area (TPSA) is 94.8 Å². The number of nitrogens with one attached hydrogen (secondary N) is 1. The Balaban J connectivity index is 1.64. The maximum Gasteiger partial charge on any atom is 0.336 e. The van der Waals surface area contributed by atoms with Crippen LogP contribution in [-0.2, 0) is 19.1 Å². The van der Waals surface area contributed by atoms with E-state index in [0.717, 1.165) is 5.56 Å². The van der Waals surface area contributed by atoms with Crippen LogP contribution < -0.4 is 10.7 Å². The monoisotopic (exact) mass is 519 g/mol. The van der Waals surface area contributed by atoms with E-state index in [1.54, 1.807) is 31.2 Å². The standard InChI is InChI=1S/C29H26ClNO6/c1-16-25(29(34)36-12-11-35-2)26(20-15-37-24-10-6-4-8-19(24)28(20)33)27-22(31-16)13-17(14-23(27)32)18-7-3-5-9-21(18)30/h3-10,15,17,26,31H,11-14H2,1-2H3. The van der Waals surface area contributed by atoms with Crippen molar-refractivity contribution in [2.24, 2.45) is 0 Å². The maximum absolute atomic E-state index is 13.7. The molecule has 1 aliphatic heterocycles. The van der Waals surface area contributed by atoms with Crippen molar-refractivity contribution in [1.82, 2.24) is 5.32 Å². The summed E-state index contributed by atoms with van der Waals surface area (Å²) in [5.74, 6) is -1.84. The normalized spacial score (nSPS) is 19.6. The number of hydrogen-bond donors (Lipinski definition) is 1. The smallest absolute Gasteiger partial charge is 0.336 e. The number of dihydropyridines is 1. The van der Waals surface area contributed by atoms with Crippen LogP contribution in [0.2, 0.25) is 5.02 Å². The van der Waals surface area contributed by atoms with Crippen molar-refractivity contribution < 1.29 is 23.5 Å². The number of ketones is 1. The number of carbonyl (C=O) groups is 2. The number of carbonyl (C=O) groups excluding carboxylic acids is 2. The van der Waals surface area contributed by atoms with Crippen molar-refractivity contribution in [3.63, 3.8) is 0 Å². The van der Waals surface area contributed by atoms with Crippen LogP contribution in [-0.4, -0.2) is 32.1 Å². The fourth-order valence-electron chi connectivity index (χ4n) is 5.23. The second-order valence-corrected chi connectivity index (χ2v) is 9.59. The van der Waals surface area contributed by atoms with Crippen molar-refractivity contribution in [1.29, 1.82) is 0 Å². The molecule has 8 heteroatoms. The zero-order chi connectivity index (χ0) is 26.1. The number of methoxy groups -OCH3 is 1. The molecular formula is C29H26ClNO6. The number of rotatable bonds is 6. The molecule has 2 heterocycles. The van der Waals surface area contributed by atoms with Gasteiger partial charge in [0.05, 0.1) is 29.7 Å². The molecule has 0 fully saturated rings. The minimum atomic E-state index is -0.924. The van der Waals surface area contributed by atoms with E-state index in [-0.39, 0.29) is 47.9 Å². The Hall–Kier alpha value is -3.68. The molecule has 1 N–H and O–H groups in total. The Morgan fingerprint density at radius 2 is 1.81 bits per heavy atom. The molecule has 2 atom stereocenters. The lowest BCUT2D eigenvalue weighted by Gasteiger charge is -2.36. The van der Waals surface area contributed by atoms with Gasteiger partial charge in [0.25, 0.3) is 0 Å². The molecule has 2 aromatic carbocycles. The number of para-hydroxylation sites is 1. The summed E-state index contributed by atoms with van der Waals surface area (Å²) in [5.41, 5.74) is 3.03. The van der Waals surface area contributed by atoms with Gasteiger partial charge in [0.1, 0.15) is 12.2 Å². The first-order valence-electron chi connectivity index (χ1n) is 12.1. The van der Waals surface area contributed by atoms with Crippen molar-refractivity contribution >= 4 is 34.3 Å². The number of ether oxygens (including phenoxy) is 2. The molecule has 5 rings (SSSR count). The largest absolute Gasteiger partial charge is 0.464 e. The predicted octanol–water partition coefficient (Wildman–Crippen LogP) is 5.00. The predicted molar refractivity (Wildman–Crippen MR) is 139 cm³/mol. The number of hydrogen-bond acceptors (Lipinski definition) is 7. The first-order chi connectivity index (χ1) is 17.9. The molecule has 37 heavy (non-hydrogen) atoms. The third kappa shape index (κ3) is 4.61. The molecule has 1 aromatic heterocycles. The molecule has 0 saturated carbocycles. The molecule has 2 unspecified atom stereocenters. The zero-order valence-electron chi connectivity index (χ0n) is 20.5. The molecular weight excluding hydrogens is 494 g/mol. The van der Waals surface area contributed by atoms with Gasteiger partial charge in [-0.3, -0.25) is 9.59 Å². The summed E-state index contributed by atoms with van der Waals surface area (Å²) in [7, 11) is 1.51. The van der Waals surface area contributed by atoms with Gasteiger partial charge in [-0.05, 0) is 43.0 Å². The third-order valence-electron chi connectivity index (χ3n) is 6.93. The molecule has 2 aliphatic rings. The van der Waals surface area contributed by atoms with Gasteiger partial charge in [0.2, 0.25) is 0 Å². The second-order valence-electron chi connectivity index (χ2n) is 9.18. The van der Waals surface area contributed by atoms with Crippen LogP contribution in [0.4, 0.5) is 0 Å². The number of esters is 1. The number of Topliss-reactive ketones (excluding diaryl/α,β-unsaturated/α-hetero) is 1. The summed E-state index contributed by atoms with van der Waals surface area (Å²) in [4.78, 5) is 40.7. The number of allylic oxidation sites excluding steroid dienone is 3. The SMILES string of the molecule is COCCOC(=O)C1=C(C)NC2=C(C(=O)CC(c3ccccc3Cl)C2)C1c1coc2ccccc2c1=O. The van der Waals surface area contributed by atoms with Gasteiger partial charge in [0.15, 0.2) is 11.2 Å². The first kappa shape index (κ1) is 25.0. The molecule has 0 amide bonds. The minimum Gasteiger partial charge on any atom is -0.464 e. The second kappa shape index (κ2) is 10.4. The van der Waals surface area contributed by atoms with E-state index in [0.29, 0.717) is 39.4 Å². The van der Waals surface area contributed by atoms with Crippen molar-refractivity contribution in [3.05, 3.63) is 104 Å². The molecule has 7 nitrogen and oxygen atoms in total. The van der Waals surface area contributed by atoms with E-state index in [9.17, 15) is 14.4 Å². The third-order valence-corrected chi connectivity index (χ3v) is 7.28. The fraction of sp³-hybridized carbons (Fsp3) is 0.276. The fourth-order valence-corrected chi connectivity index (χ4v) is 5.52. The lowest BCUT2D eigenvalue weighted by Crippen LogP contribution is -2.37. The average Bonchev–Trinajstić information content (AvgIpc) is 2.88. The maximum atomic E-state index is 13.7. The highest BCUT2D eigenvalue weighted by Gasteiger charge is 2.43. The molecule has 0 radical (unpaired) electrons. The molecule has 1 aliphatic carbocycles. The Morgan fingerprint density at radius 3 is 2.59 bits per heavy atom. The first-order valence-corrected chi connectivity index (χ1v) is 12.4. The van der Waals surface area contributed by atoms with Crippen molar-refractivity contribution in [2.45, 2.75) is 31.6 Å². The van der Waals surface area contributed by atoms with Gasteiger partial charge in [-0.1, -0.05) is 41.9 Å². The highest BCUT2D eigenvalue weighted by atomic mass is 35.5. The van der Waals surface area contributed by atoms with E-state index in [2.05, 4.69) is 5.32 Å². The molecule has 0 bridgehead atoms. The quantitative estimate of drug-likeness (QED) is 0.362. The van der Waals surface area contributed by atoms with E-state index in [1.807, 2.05) is 24.3 Å². The van der Waals surface area contributed by atoms with Gasteiger partial charge in [0, 0.05) is 41.1 Å². The van der Waals surface area contributed by atoms with Crippen LogP contribution in [0.3, 0.4) is 0 Å². The van der Waals surface area contributed by atoms with E-state index in [1.165, 1.54) is 13.4 Å². The van der Waals surface area contributed by atoms with Crippen molar-refractivity contribution in [3.8, 4) is 0 Å². The average molecular weight is 520 g/mol. The van der Waals surface area contributed by atoms with Crippen LogP contribution in [0, 0.1) is 0 Å². The van der Waals surface area contributed by atoms with Crippen LogP contribution >= 0.6 is 11.6 Å². The Labute approximate surface area is 218 Å². The van der Waals surface area contributed by atoms with Gasteiger partial charge in [-0.25, -0.2) is 4.79 Å². The zero-order valence-corrected chi connectivity index (χ0v) is 21.3. The van der Waals surface area contributed by atoms with Gasteiger partial charge in [-0.2, -0.15) is 0 Å². The lowest BCUT2D eigenvalue weighted by molar-refractivity contribution is -0.140. The van der Waals surface area contributed by atoms with Crippen molar-refractivity contribution in [2.75, 3.05) is 20.3 Å². The highest BCUT2D eigenvalue weighted by molar-refractivity contribution is 6.31. The van der Waals surface area contributed by atoms with E-state index >= 15 is 0 Å². The number of fused-ring (bicyclic) bond motifs is 1. The molecule has 3 aromatic rings. The summed E-state index contributed by atoms with van der Waals surface area (Å²) >= 11 is 6.45. The Kier molecular flexibility index (Phi) is 7.00. The van der Waals surface area contributed by atoms with Gasteiger partial charge in [-0.15, -0.1) is 0 Å². The van der Waals surface area contributed by atoms with Crippen LogP contribution in [0.1, 0.15) is 42.7 Å². The van der Waals surface area contributed by atoms with Crippen LogP contribution in [0.25, 0.3) is 11.0 Å². The van der Waals surface area contributed by atoms with Gasteiger partial charge >= 0.3 is 5.97 Å². The lowest BCUT2D eigenvalue weighted by atomic mass is 9.72. The summed E-state index contributed by atoms with van der Waals surface area (Å²) in [5, 5.41) is 4.25. The molecule has 0 spiro atoms. The Morgan fingerprint density at radius 1 is 1.05 bits per heavy atom. The van der Waals surface area contributed by atoms with E-state index in [4.69, 9.17) is 25.5 Å². The van der Waals surface area contributed by atoms with E-state index < -0.39 is 11.9 Å². The number of benzene rings is 2. The van der Waals surface area contributed by atoms with Gasteiger partial charge < -0.3 is 19.2 Å². The molecule has 0 saturated heterocycles. The van der Waals surface area contributed by atoms with Crippen LogP contribution in [0.15, 0.2) is 86.5 Å². The summed E-state index contributed by atoms with van der Waals surface area (Å²) in [6.45, 7) is 2.01. The minimum absolute atomic E-state index is 0.0413. The summed E-state index contributed by atoms with van der Waals surface area (Å²) in [6.07, 6.45) is 2.06. The number of halogens is 1. The summed E-state index contributed by atoms with van der Waals surface area (Å²) in [6, 6.07) is 14.4. The van der Waals surface area contributed by atoms with Crippen LogP contribution in [0.5, 0.6) is 0 Å². The summed E-state index contributed by atoms with van der Waals surface area (Å²) < 4.78 is 16.2.